The minimum Gasteiger partial charge on any atom is -0.496 e. The van der Waals surface area contributed by atoms with Crippen molar-refractivity contribution in [1.29, 1.82) is 0 Å². The molecule has 0 aromatic heterocycles. The number of nitrogens with one attached hydrogen (secondary N) is 1. The maximum absolute atomic E-state index is 12.1. The summed E-state index contributed by atoms with van der Waals surface area (Å²) in [6.45, 7) is 2.30. The quantitative estimate of drug-likeness (QED) is 0.613. The van der Waals surface area contributed by atoms with E-state index in [1.54, 1.807) is 37.5 Å². The third-order valence-corrected chi connectivity index (χ3v) is 3.36. The van der Waals surface area contributed by atoms with E-state index in [1.165, 1.54) is 6.08 Å². The Morgan fingerprint density at radius 2 is 1.92 bits per heavy atom. The third kappa shape index (κ3) is 5.49. The molecule has 0 radical (unpaired) electrons. The molecule has 0 bridgehead atoms. The van der Waals surface area contributed by atoms with Crippen molar-refractivity contribution in [3.8, 4) is 5.75 Å². The van der Waals surface area contributed by atoms with Gasteiger partial charge in [0.2, 0.25) is 5.91 Å². The lowest BCUT2D eigenvalue weighted by atomic mass is 10.2. The number of hydrogen-bond donors (Lipinski definition) is 1. The summed E-state index contributed by atoms with van der Waals surface area (Å²) in [6.07, 6.45) is 3.85. The van der Waals surface area contributed by atoms with Crippen LogP contribution in [-0.4, -0.2) is 25.6 Å². The normalized spacial score (nSPS) is 10.5. The van der Waals surface area contributed by atoms with E-state index >= 15 is 0 Å². The number of rotatable bonds is 7. The number of esters is 1. The molecule has 0 atom stereocenters. The number of para-hydroxylation sites is 1. The largest absolute Gasteiger partial charge is 0.496 e. The van der Waals surface area contributed by atoms with Crippen LogP contribution < -0.4 is 10.1 Å². The van der Waals surface area contributed by atoms with Crippen molar-refractivity contribution in [3.05, 3.63) is 65.7 Å². The summed E-state index contributed by atoms with van der Waals surface area (Å²) in [5.41, 5.74) is 1.73. The molecule has 130 valence electrons. The molecule has 0 heterocycles. The van der Waals surface area contributed by atoms with Crippen LogP contribution in [-0.2, 0) is 9.53 Å². The van der Waals surface area contributed by atoms with Crippen molar-refractivity contribution < 1.29 is 19.1 Å². The predicted octanol–water partition coefficient (Wildman–Crippen LogP) is 3.91. The molecule has 0 saturated heterocycles. The third-order valence-electron chi connectivity index (χ3n) is 3.36. The zero-order valence-corrected chi connectivity index (χ0v) is 14.3. The second-order valence-electron chi connectivity index (χ2n) is 5.28. The first-order chi connectivity index (χ1) is 12.1. The molecule has 0 aliphatic heterocycles. The Morgan fingerprint density at radius 3 is 2.68 bits per heavy atom. The Bertz CT molecular complexity index is 768. The topological polar surface area (TPSA) is 64.6 Å². The maximum Gasteiger partial charge on any atom is 0.338 e. The van der Waals surface area contributed by atoms with E-state index in [1.807, 2.05) is 31.2 Å². The first kappa shape index (κ1) is 18.3. The lowest BCUT2D eigenvalue weighted by molar-refractivity contribution is -0.111. The minimum atomic E-state index is -0.400. The van der Waals surface area contributed by atoms with Crippen LogP contribution in [0.25, 0.3) is 6.08 Å². The highest BCUT2D eigenvalue weighted by Crippen LogP contribution is 2.19. The van der Waals surface area contributed by atoms with Crippen molar-refractivity contribution in [3.63, 3.8) is 0 Å². The average molecular weight is 339 g/mol. The number of ether oxygens (including phenoxy) is 2. The lowest BCUT2D eigenvalue weighted by Gasteiger charge is -2.06. The van der Waals surface area contributed by atoms with Gasteiger partial charge in [0.15, 0.2) is 0 Å². The molecule has 1 amide bonds. The molecular weight excluding hydrogens is 318 g/mol. The zero-order valence-electron chi connectivity index (χ0n) is 14.3. The summed E-state index contributed by atoms with van der Waals surface area (Å²) in [4.78, 5) is 23.9. The maximum atomic E-state index is 12.1. The zero-order chi connectivity index (χ0) is 18.1. The van der Waals surface area contributed by atoms with Crippen LogP contribution in [0.15, 0.2) is 54.6 Å². The molecule has 2 aromatic carbocycles. The van der Waals surface area contributed by atoms with Crippen molar-refractivity contribution in [2.24, 2.45) is 0 Å². The van der Waals surface area contributed by atoms with Crippen LogP contribution in [0.4, 0.5) is 5.69 Å². The van der Waals surface area contributed by atoms with Gasteiger partial charge in [-0.2, -0.15) is 0 Å². The van der Waals surface area contributed by atoms with Gasteiger partial charge >= 0.3 is 5.97 Å². The lowest BCUT2D eigenvalue weighted by Crippen LogP contribution is -2.10. The molecule has 0 aliphatic carbocycles. The summed E-state index contributed by atoms with van der Waals surface area (Å²) >= 11 is 0. The fourth-order valence-electron chi connectivity index (χ4n) is 2.16. The van der Waals surface area contributed by atoms with Gasteiger partial charge < -0.3 is 14.8 Å². The molecular formula is C20H21NO4. The Hall–Kier alpha value is -3.08. The number of carbonyl (C=O) groups excluding carboxylic acids is 2. The molecule has 5 nitrogen and oxygen atoms in total. The van der Waals surface area contributed by atoms with Crippen molar-refractivity contribution >= 4 is 23.6 Å². The van der Waals surface area contributed by atoms with Crippen LogP contribution in [0, 0.1) is 0 Å². The van der Waals surface area contributed by atoms with Gasteiger partial charge in [-0.05, 0) is 36.8 Å². The molecule has 0 unspecified atom stereocenters. The first-order valence-corrected chi connectivity index (χ1v) is 8.03. The Morgan fingerprint density at radius 1 is 1.12 bits per heavy atom. The number of benzene rings is 2. The van der Waals surface area contributed by atoms with Crippen LogP contribution in [0.2, 0.25) is 0 Å². The Labute approximate surface area is 147 Å². The number of amides is 1. The van der Waals surface area contributed by atoms with Gasteiger partial charge in [0.05, 0.1) is 19.3 Å². The van der Waals surface area contributed by atoms with Gasteiger partial charge in [-0.25, -0.2) is 4.79 Å². The molecule has 0 saturated carbocycles. The fraction of sp³-hybridized carbons (Fsp3) is 0.200. The van der Waals surface area contributed by atoms with E-state index in [2.05, 4.69) is 5.32 Å². The molecule has 1 N–H and O–H groups in total. The van der Waals surface area contributed by atoms with E-state index in [4.69, 9.17) is 9.47 Å². The van der Waals surface area contributed by atoms with E-state index in [-0.39, 0.29) is 5.91 Å². The Kier molecular flexibility index (Phi) is 6.77. The van der Waals surface area contributed by atoms with Gasteiger partial charge in [0.1, 0.15) is 5.75 Å². The highest BCUT2D eigenvalue weighted by atomic mass is 16.5. The van der Waals surface area contributed by atoms with Gasteiger partial charge in [0, 0.05) is 17.3 Å². The van der Waals surface area contributed by atoms with Gasteiger partial charge in [0.25, 0.3) is 0 Å². The van der Waals surface area contributed by atoms with Crippen molar-refractivity contribution in [2.75, 3.05) is 19.0 Å². The van der Waals surface area contributed by atoms with Gasteiger partial charge in [-0.3, -0.25) is 4.79 Å². The summed E-state index contributed by atoms with van der Waals surface area (Å²) in [5, 5.41) is 2.73. The number of hydrogen-bond acceptors (Lipinski definition) is 4. The molecule has 5 heteroatoms. The summed E-state index contributed by atoms with van der Waals surface area (Å²) in [7, 11) is 1.58. The highest BCUT2D eigenvalue weighted by Gasteiger charge is 2.08. The summed E-state index contributed by atoms with van der Waals surface area (Å²) in [5.74, 6) is -0.0142. The molecule has 25 heavy (non-hydrogen) atoms. The summed E-state index contributed by atoms with van der Waals surface area (Å²) < 4.78 is 10.3. The fourth-order valence-corrected chi connectivity index (χ4v) is 2.16. The van der Waals surface area contributed by atoms with Crippen LogP contribution >= 0.6 is 0 Å². The smallest absolute Gasteiger partial charge is 0.338 e. The second kappa shape index (κ2) is 9.27. The van der Waals surface area contributed by atoms with Crippen molar-refractivity contribution in [2.45, 2.75) is 13.3 Å². The van der Waals surface area contributed by atoms with Crippen molar-refractivity contribution in [1.82, 2.24) is 0 Å². The number of methoxy groups -OCH3 is 1. The second-order valence-corrected chi connectivity index (χ2v) is 5.28. The Balaban J connectivity index is 2.03. The van der Waals surface area contributed by atoms with Gasteiger partial charge in [-0.1, -0.05) is 31.2 Å². The molecule has 2 aromatic rings. The minimum absolute atomic E-state index is 0.301. The average Bonchev–Trinajstić information content (AvgIpc) is 2.64. The first-order valence-electron chi connectivity index (χ1n) is 8.03. The van der Waals surface area contributed by atoms with Gasteiger partial charge in [-0.15, -0.1) is 0 Å². The summed E-state index contributed by atoms with van der Waals surface area (Å²) in [6, 6.07) is 14.1. The van der Waals surface area contributed by atoms with E-state index < -0.39 is 5.97 Å². The van der Waals surface area contributed by atoms with Crippen LogP contribution in [0.5, 0.6) is 5.75 Å². The van der Waals surface area contributed by atoms with Crippen LogP contribution in [0.3, 0.4) is 0 Å². The molecule has 2 rings (SSSR count). The van der Waals surface area contributed by atoms with E-state index in [0.717, 1.165) is 12.0 Å². The number of carbonyl (C=O) groups is 2. The molecule has 0 spiro atoms. The van der Waals surface area contributed by atoms with E-state index in [9.17, 15) is 9.59 Å². The van der Waals surface area contributed by atoms with Crippen LogP contribution in [0.1, 0.15) is 29.3 Å². The standard InChI is InChI=1S/C20H21NO4/c1-3-13-25-20(23)16-8-6-9-17(14-16)21-19(22)12-11-15-7-4-5-10-18(15)24-2/h4-12,14H,3,13H2,1-2H3,(H,21,22)/b12-11+. The number of anilines is 1. The van der Waals surface area contributed by atoms with E-state index in [0.29, 0.717) is 23.6 Å². The molecule has 0 aliphatic rings. The SMILES string of the molecule is CCCOC(=O)c1cccc(NC(=O)/C=C/c2ccccc2OC)c1. The highest BCUT2D eigenvalue weighted by molar-refractivity contribution is 6.02. The monoisotopic (exact) mass is 339 g/mol. The molecule has 0 fully saturated rings. The predicted molar refractivity (Wildman–Crippen MR) is 97.7 cm³/mol.